The Bertz CT molecular complexity index is 752. The third-order valence-electron chi connectivity index (χ3n) is 5.66. The van der Waals surface area contributed by atoms with Crippen molar-refractivity contribution in [1.82, 2.24) is 14.3 Å². The summed E-state index contributed by atoms with van der Waals surface area (Å²) < 4.78 is 7.89. The Hall–Kier alpha value is -1.40. The van der Waals surface area contributed by atoms with Crippen LogP contribution < -0.4 is 0 Å². The Labute approximate surface area is 153 Å². The first-order chi connectivity index (χ1) is 12.1. The van der Waals surface area contributed by atoms with Crippen molar-refractivity contribution in [2.45, 2.75) is 64.4 Å². The predicted octanol–water partition coefficient (Wildman–Crippen LogP) is 3.68. The number of hydrogen-bond acceptors (Lipinski definition) is 4. The molecule has 1 amide bonds. The van der Waals surface area contributed by atoms with Gasteiger partial charge in [0.25, 0.3) is 0 Å². The van der Waals surface area contributed by atoms with Crippen molar-refractivity contribution in [3.05, 3.63) is 22.6 Å². The van der Waals surface area contributed by atoms with E-state index in [1.807, 2.05) is 4.90 Å². The average Bonchev–Trinajstić information content (AvgIpc) is 3.33. The summed E-state index contributed by atoms with van der Waals surface area (Å²) in [5.74, 6) is 1.86. The van der Waals surface area contributed by atoms with Gasteiger partial charge in [0, 0.05) is 43.1 Å². The second-order valence-electron chi connectivity index (χ2n) is 7.39. The van der Waals surface area contributed by atoms with Crippen LogP contribution in [0, 0.1) is 13.8 Å². The zero-order chi connectivity index (χ0) is 17.4. The minimum absolute atomic E-state index is 0.298. The van der Waals surface area contributed by atoms with E-state index in [9.17, 15) is 4.79 Å². The molecule has 25 heavy (non-hydrogen) atoms. The van der Waals surface area contributed by atoms with Crippen LogP contribution in [-0.2, 0) is 9.53 Å². The summed E-state index contributed by atoms with van der Waals surface area (Å²) >= 11 is 1.79. The lowest BCUT2D eigenvalue weighted by molar-refractivity contribution is -0.132. The van der Waals surface area contributed by atoms with Crippen LogP contribution in [0.2, 0.25) is 0 Å². The molecule has 2 aromatic rings. The molecule has 0 saturated carbocycles. The van der Waals surface area contributed by atoms with Gasteiger partial charge in [-0.1, -0.05) is 0 Å². The average molecular weight is 362 g/mol. The minimum atomic E-state index is 0.298. The first-order valence-electron chi connectivity index (χ1n) is 9.46. The monoisotopic (exact) mass is 361 g/mol. The number of likely N-dealkylation sites (tertiary alicyclic amines) is 1. The first-order valence-corrected chi connectivity index (χ1v) is 10.3. The molecule has 4 heterocycles. The van der Waals surface area contributed by atoms with Gasteiger partial charge in [0.15, 0.2) is 0 Å². The van der Waals surface area contributed by atoms with Crippen LogP contribution in [0.15, 0.2) is 5.38 Å². The van der Waals surface area contributed by atoms with Gasteiger partial charge in [0.05, 0.1) is 11.8 Å². The Kier molecular flexibility index (Phi) is 4.82. The van der Waals surface area contributed by atoms with Gasteiger partial charge in [-0.3, -0.25) is 9.20 Å². The van der Waals surface area contributed by atoms with Gasteiger partial charge in [-0.25, -0.2) is 4.98 Å². The molecule has 0 aromatic carbocycles. The fraction of sp³-hybridized carbons (Fsp3) is 0.684. The summed E-state index contributed by atoms with van der Waals surface area (Å²) in [6, 6.07) is 0. The van der Waals surface area contributed by atoms with Gasteiger partial charge < -0.3 is 9.64 Å². The van der Waals surface area contributed by atoms with Crippen LogP contribution in [0.25, 0.3) is 4.83 Å². The topological polar surface area (TPSA) is 46.8 Å². The Morgan fingerprint density at radius 3 is 2.84 bits per heavy atom. The summed E-state index contributed by atoms with van der Waals surface area (Å²) in [4.78, 5) is 20.7. The molecule has 5 nitrogen and oxygen atoms in total. The summed E-state index contributed by atoms with van der Waals surface area (Å²) in [7, 11) is 0. The zero-order valence-corrected chi connectivity index (χ0v) is 16.0. The van der Waals surface area contributed by atoms with Gasteiger partial charge in [-0.15, -0.1) is 11.3 Å². The Morgan fingerprint density at radius 1 is 1.32 bits per heavy atom. The molecular weight excluding hydrogens is 334 g/mol. The predicted molar refractivity (Wildman–Crippen MR) is 99.3 cm³/mol. The number of nitrogens with zero attached hydrogens (tertiary/aromatic N) is 3. The van der Waals surface area contributed by atoms with Crippen molar-refractivity contribution in [1.29, 1.82) is 0 Å². The number of carbonyl (C=O) groups is 1. The largest absolute Gasteiger partial charge is 0.378 e. The number of aromatic nitrogens is 2. The lowest BCUT2D eigenvalue weighted by Gasteiger charge is -2.31. The van der Waals surface area contributed by atoms with Gasteiger partial charge >= 0.3 is 0 Å². The van der Waals surface area contributed by atoms with E-state index < -0.39 is 0 Å². The number of rotatable bonds is 4. The lowest BCUT2D eigenvalue weighted by atomic mass is 9.93. The van der Waals surface area contributed by atoms with Crippen LogP contribution >= 0.6 is 11.3 Å². The molecule has 0 spiro atoms. The number of fused-ring (bicyclic) bond motifs is 1. The molecule has 2 aliphatic rings. The van der Waals surface area contributed by atoms with E-state index in [1.165, 1.54) is 16.2 Å². The maximum Gasteiger partial charge on any atom is 0.222 e. The molecule has 2 fully saturated rings. The highest BCUT2D eigenvalue weighted by atomic mass is 32.1. The third-order valence-corrected chi connectivity index (χ3v) is 6.73. The molecule has 6 heteroatoms. The van der Waals surface area contributed by atoms with Crippen LogP contribution in [0.4, 0.5) is 0 Å². The van der Waals surface area contributed by atoms with Crippen LogP contribution in [-0.4, -0.2) is 46.0 Å². The SMILES string of the molecule is Cc1csc2c(C3CCN(C(=O)CCC4CCCO4)CC3)nc(C)n12. The minimum Gasteiger partial charge on any atom is -0.378 e. The van der Waals surface area contributed by atoms with Gasteiger partial charge in [0.2, 0.25) is 5.91 Å². The number of hydrogen-bond donors (Lipinski definition) is 0. The highest BCUT2D eigenvalue weighted by Crippen LogP contribution is 2.34. The molecule has 2 aliphatic heterocycles. The van der Waals surface area contributed by atoms with Crippen LogP contribution in [0.3, 0.4) is 0 Å². The molecule has 0 radical (unpaired) electrons. The Morgan fingerprint density at radius 2 is 2.12 bits per heavy atom. The number of aryl methyl sites for hydroxylation is 2. The van der Waals surface area contributed by atoms with E-state index in [4.69, 9.17) is 9.72 Å². The van der Waals surface area contributed by atoms with Crippen molar-refractivity contribution in [3.63, 3.8) is 0 Å². The molecule has 1 unspecified atom stereocenters. The molecule has 2 saturated heterocycles. The molecule has 4 rings (SSSR count). The van der Waals surface area contributed by atoms with E-state index in [1.54, 1.807) is 11.3 Å². The molecule has 0 N–H and O–H groups in total. The van der Waals surface area contributed by atoms with E-state index >= 15 is 0 Å². The summed E-state index contributed by atoms with van der Waals surface area (Å²) in [5.41, 5.74) is 2.50. The maximum absolute atomic E-state index is 12.5. The zero-order valence-electron chi connectivity index (χ0n) is 15.2. The molecule has 1 atom stereocenters. The molecular formula is C19H27N3O2S. The van der Waals surface area contributed by atoms with Gasteiger partial charge in [-0.2, -0.15) is 0 Å². The highest BCUT2D eigenvalue weighted by molar-refractivity contribution is 7.15. The fourth-order valence-electron chi connectivity index (χ4n) is 4.24. The normalized spacial score (nSPS) is 22.2. The van der Waals surface area contributed by atoms with Gasteiger partial charge in [0.1, 0.15) is 10.7 Å². The van der Waals surface area contributed by atoms with E-state index in [2.05, 4.69) is 23.6 Å². The summed E-state index contributed by atoms with van der Waals surface area (Å²) in [5, 5.41) is 2.21. The molecule has 0 aliphatic carbocycles. The standard InChI is InChI=1S/C19H27N3O2S/c1-13-12-25-19-18(20-14(2)22(13)19)15-7-9-21(10-8-15)17(23)6-5-16-4-3-11-24-16/h12,15-16H,3-11H2,1-2H3. The van der Waals surface area contributed by atoms with Crippen molar-refractivity contribution in [2.75, 3.05) is 19.7 Å². The van der Waals surface area contributed by atoms with E-state index in [0.717, 1.165) is 57.6 Å². The summed E-state index contributed by atoms with van der Waals surface area (Å²) in [6.07, 6.45) is 6.13. The van der Waals surface area contributed by atoms with E-state index in [-0.39, 0.29) is 0 Å². The van der Waals surface area contributed by atoms with E-state index in [0.29, 0.717) is 24.3 Å². The smallest absolute Gasteiger partial charge is 0.222 e. The first kappa shape index (κ1) is 17.0. The van der Waals surface area contributed by atoms with Crippen molar-refractivity contribution in [3.8, 4) is 0 Å². The van der Waals surface area contributed by atoms with Crippen LogP contribution in [0.5, 0.6) is 0 Å². The highest BCUT2D eigenvalue weighted by Gasteiger charge is 2.28. The second-order valence-corrected chi connectivity index (χ2v) is 8.25. The number of piperidine rings is 1. The van der Waals surface area contributed by atoms with Crippen molar-refractivity contribution in [2.24, 2.45) is 0 Å². The molecule has 0 bridgehead atoms. The van der Waals surface area contributed by atoms with Crippen molar-refractivity contribution < 1.29 is 9.53 Å². The summed E-state index contributed by atoms with van der Waals surface area (Å²) in [6.45, 7) is 6.80. The third kappa shape index (κ3) is 3.34. The second kappa shape index (κ2) is 7.08. The number of ether oxygens (including phenoxy) is 1. The quantitative estimate of drug-likeness (QED) is 0.835. The maximum atomic E-state index is 12.5. The van der Waals surface area contributed by atoms with Gasteiger partial charge in [-0.05, 0) is 46.0 Å². The number of carbonyl (C=O) groups excluding carboxylic acids is 1. The Balaban J connectivity index is 1.35. The van der Waals surface area contributed by atoms with Crippen molar-refractivity contribution >= 4 is 22.1 Å². The fourth-order valence-corrected chi connectivity index (χ4v) is 5.34. The lowest BCUT2D eigenvalue weighted by Crippen LogP contribution is -2.38. The molecule has 2 aromatic heterocycles. The number of amides is 1. The number of imidazole rings is 1. The molecule has 136 valence electrons. The number of thiazole rings is 1. The van der Waals surface area contributed by atoms with Crippen LogP contribution in [0.1, 0.15) is 61.7 Å².